The molecule has 0 heterocycles. The van der Waals surface area contributed by atoms with Crippen LogP contribution >= 0.6 is 15.9 Å². The average Bonchev–Trinajstić information content (AvgIpc) is 2.18. The van der Waals surface area contributed by atoms with Gasteiger partial charge in [0.25, 0.3) is 0 Å². The molecule has 2 unspecified atom stereocenters. The molecule has 0 aromatic heterocycles. The van der Waals surface area contributed by atoms with E-state index < -0.39 is 15.1 Å². The van der Waals surface area contributed by atoms with Crippen LogP contribution in [0.3, 0.4) is 0 Å². The molecule has 1 rings (SSSR count). The van der Waals surface area contributed by atoms with E-state index in [1.807, 2.05) is 32.0 Å². The Hall–Kier alpha value is -0.350. The van der Waals surface area contributed by atoms with Crippen LogP contribution in [0.25, 0.3) is 0 Å². The molecule has 0 aliphatic carbocycles. The number of halogens is 1. The van der Waals surface area contributed by atoms with Crippen LogP contribution in [0.15, 0.2) is 18.2 Å². The quantitative estimate of drug-likeness (QED) is 0.804. The number of hydrogen-bond donors (Lipinski definition) is 0. The topological polar surface area (TPSA) is 34.1 Å². The summed E-state index contributed by atoms with van der Waals surface area (Å²) in [6.07, 6.45) is 1.27. The lowest BCUT2D eigenvalue weighted by Crippen LogP contribution is -2.20. The van der Waals surface area contributed by atoms with Crippen LogP contribution in [0.4, 0.5) is 0 Å². The van der Waals surface area contributed by atoms with Crippen molar-refractivity contribution in [3.63, 3.8) is 0 Å². The monoisotopic (exact) mass is 304 g/mol. The molecular weight excluding hydrogens is 288 g/mol. The van der Waals surface area contributed by atoms with E-state index in [1.54, 1.807) is 6.92 Å². The maximum atomic E-state index is 11.5. The maximum Gasteiger partial charge on any atom is 0.151 e. The Bertz CT molecular complexity index is 480. The Labute approximate surface area is 106 Å². The Balaban J connectivity index is 3.06. The number of sulfone groups is 1. The van der Waals surface area contributed by atoms with Crippen molar-refractivity contribution in [1.82, 2.24) is 0 Å². The highest BCUT2D eigenvalue weighted by atomic mass is 79.9. The second kappa shape index (κ2) is 4.88. The largest absolute Gasteiger partial charge is 0.229 e. The summed E-state index contributed by atoms with van der Waals surface area (Å²) in [4.78, 5) is -0.151. The van der Waals surface area contributed by atoms with Crippen molar-refractivity contribution in [3.05, 3.63) is 34.9 Å². The van der Waals surface area contributed by atoms with Crippen molar-refractivity contribution in [1.29, 1.82) is 0 Å². The fourth-order valence-electron chi connectivity index (χ4n) is 1.42. The third-order valence-corrected chi connectivity index (χ3v) is 6.23. The molecule has 1 aromatic rings. The Kier molecular flexibility index (Phi) is 4.18. The highest BCUT2D eigenvalue weighted by Gasteiger charge is 2.25. The number of hydrogen-bond acceptors (Lipinski definition) is 2. The van der Waals surface area contributed by atoms with Gasteiger partial charge in [-0.1, -0.05) is 34.1 Å². The van der Waals surface area contributed by atoms with E-state index in [4.69, 9.17) is 0 Å². The molecule has 0 N–H and O–H groups in total. The first-order chi connectivity index (χ1) is 7.23. The molecule has 0 aliphatic rings. The first kappa shape index (κ1) is 13.7. The fourth-order valence-corrected chi connectivity index (χ4v) is 3.48. The highest BCUT2D eigenvalue weighted by Crippen LogP contribution is 2.31. The molecule has 90 valence electrons. The van der Waals surface area contributed by atoms with E-state index in [0.29, 0.717) is 0 Å². The molecule has 0 radical (unpaired) electrons. The van der Waals surface area contributed by atoms with Gasteiger partial charge in [-0.3, -0.25) is 0 Å². The van der Waals surface area contributed by atoms with Crippen molar-refractivity contribution in [3.8, 4) is 0 Å². The highest BCUT2D eigenvalue weighted by molar-refractivity contribution is 9.09. The van der Waals surface area contributed by atoms with E-state index in [1.165, 1.54) is 17.4 Å². The fraction of sp³-hybridized carbons (Fsp3) is 0.500. The second-order valence-corrected chi connectivity index (χ2v) is 7.67. The van der Waals surface area contributed by atoms with E-state index in [0.717, 1.165) is 5.56 Å². The van der Waals surface area contributed by atoms with Crippen LogP contribution in [-0.2, 0) is 9.84 Å². The van der Waals surface area contributed by atoms with Gasteiger partial charge in [0.05, 0.1) is 10.1 Å². The van der Waals surface area contributed by atoms with Crippen molar-refractivity contribution < 1.29 is 8.42 Å². The van der Waals surface area contributed by atoms with E-state index in [9.17, 15) is 8.42 Å². The molecule has 1 aromatic carbocycles. The number of aryl methyl sites for hydroxylation is 2. The van der Waals surface area contributed by atoms with Crippen LogP contribution in [-0.4, -0.2) is 19.9 Å². The Morgan fingerprint density at radius 2 is 1.75 bits per heavy atom. The average molecular weight is 305 g/mol. The predicted molar refractivity (Wildman–Crippen MR) is 71.9 cm³/mol. The lowest BCUT2D eigenvalue weighted by molar-refractivity contribution is 0.588. The van der Waals surface area contributed by atoms with Gasteiger partial charge < -0.3 is 0 Å². The van der Waals surface area contributed by atoms with Gasteiger partial charge in [0.2, 0.25) is 0 Å². The van der Waals surface area contributed by atoms with Crippen LogP contribution < -0.4 is 0 Å². The summed E-state index contributed by atoms with van der Waals surface area (Å²) in [5.41, 5.74) is 3.42. The summed E-state index contributed by atoms with van der Waals surface area (Å²) in [6.45, 7) is 5.80. The molecule has 0 saturated heterocycles. The normalized spacial score (nSPS) is 15.8. The molecule has 0 amide bonds. The minimum atomic E-state index is -3.02. The Morgan fingerprint density at radius 1 is 1.19 bits per heavy atom. The molecule has 0 aliphatic heterocycles. The number of benzene rings is 1. The molecule has 16 heavy (non-hydrogen) atoms. The first-order valence-corrected chi connectivity index (χ1v) is 8.00. The lowest BCUT2D eigenvalue weighted by Gasteiger charge is -2.18. The van der Waals surface area contributed by atoms with E-state index >= 15 is 0 Å². The number of alkyl halides is 1. The number of rotatable bonds is 3. The summed E-state index contributed by atoms with van der Waals surface area (Å²) in [6, 6.07) is 6.04. The van der Waals surface area contributed by atoms with Gasteiger partial charge in [-0.25, -0.2) is 8.42 Å². The van der Waals surface area contributed by atoms with E-state index in [2.05, 4.69) is 15.9 Å². The molecule has 0 saturated carbocycles. The molecular formula is C12H17BrO2S. The smallest absolute Gasteiger partial charge is 0.151 e. The van der Waals surface area contributed by atoms with Crippen molar-refractivity contribution >= 4 is 25.8 Å². The van der Waals surface area contributed by atoms with Crippen molar-refractivity contribution in [2.75, 3.05) is 6.26 Å². The predicted octanol–water partition coefficient (Wildman–Crippen LogP) is 3.17. The zero-order chi connectivity index (χ0) is 12.5. The minimum Gasteiger partial charge on any atom is -0.229 e. The maximum absolute atomic E-state index is 11.5. The summed E-state index contributed by atoms with van der Waals surface area (Å²) >= 11 is 3.47. The van der Waals surface area contributed by atoms with E-state index in [-0.39, 0.29) is 4.83 Å². The van der Waals surface area contributed by atoms with Crippen LogP contribution in [0.5, 0.6) is 0 Å². The third kappa shape index (κ3) is 3.08. The Morgan fingerprint density at radius 3 is 2.19 bits per heavy atom. The summed E-state index contributed by atoms with van der Waals surface area (Å²) in [7, 11) is -3.02. The van der Waals surface area contributed by atoms with Crippen molar-refractivity contribution in [2.45, 2.75) is 30.8 Å². The third-order valence-electron chi connectivity index (χ3n) is 2.94. The molecule has 0 bridgehead atoms. The second-order valence-electron chi connectivity index (χ2n) is 4.28. The van der Waals surface area contributed by atoms with Gasteiger partial charge in [0.15, 0.2) is 9.84 Å². The van der Waals surface area contributed by atoms with Crippen LogP contribution in [0.2, 0.25) is 0 Å². The lowest BCUT2D eigenvalue weighted by atomic mass is 10.0. The zero-order valence-electron chi connectivity index (χ0n) is 9.99. The molecule has 0 fully saturated rings. The van der Waals surface area contributed by atoms with Gasteiger partial charge in [-0.2, -0.15) is 0 Å². The van der Waals surface area contributed by atoms with Gasteiger partial charge in [0, 0.05) is 6.26 Å². The van der Waals surface area contributed by atoms with Gasteiger partial charge >= 0.3 is 0 Å². The zero-order valence-corrected chi connectivity index (χ0v) is 12.4. The molecule has 2 nitrogen and oxygen atoms in total. The summed E-state index contributed by atoms with van der Waals surface area (Å²) < 4.78 is 22.9. The van der Waals surface area contributed by atoms with Gasteiger partial charge in [-0.05, 0) is 37.5 Å². The summed E-state index contributed by atoms with van der Waals surface area (Å²) in [5.74, 6) is 0. The van der Waals surface area contributed by atoms with Crippen LogP contribution in [0.1, 0.15) is 28.4 Å². The van der Waals surface area contributed by atoms with Gasteiger partial charge in [-0.15, -0.1) is 0 Å². The molecule has 2 atom stereocenters. The summed E-state index contributed by atoms with van der Waals surface area (Å²) in [5, 5.41) is -0.422. The molecule has 4 heteroatoms. The SMILES string of the molecule is Cc1ccc(C(Br)C(C)S(C)(=O)=O)cc1C. The van der Waals surface area contributed by atoms with Crippen LogP contribution in [0, 0.1) is 13.8 Å². The minimum absolute atomic E-state index is 0.151. The van der Waals surface area contributed by atoms with Gasteiger partial charge in [0.1, 0.15) is 0 Å². The standard InChI is InChI=1S/C12H17BrO2S/c1-8-5-6-11(7-9(8)2)12(13)10(3)16(4,14)15/h5-7,10,12H,1-4H3. The first-order valence-electron chi connectivity index (χ1n) is 5.13. The van der Waals surface area contributed by atoms with Crippen molar-refractivity contribution in [2.24, 2.45) is 0 Å². The molecule has 0 spiro atoms.